The molecule has 0 radical (unpaired) electrons. The normalized spacial score (nSPS) is 23.9. The summed E-state index contributed by atoms with van der Waals surface area (Å²) in [6.07, 6.45) is 3.62. The van der Waals surface area contributed by atoms with E-state index in [2.05, 4.69) is 15.9 Å². The molecule has 178 valence electrons. The molecule has 0 spiro atoms. The van der Waals surface area contributed by atoms with Crippen molar-refractivity contribution in [3.8, 4) is 0 Å². The molecular weight excluding hydrogens is 526 g/mol. The second kappa shape index (κ2) is 8.23. The third kappa shape index (κ3) is 3.23. The first-order valence-electron chi connectivity index (χ1n) is 11.3. The Bertz CT molecular complexity index is 1480. The smallest absolute Gasteiger partial charge is 0.270 e. The third-order valence-corrected chi connectivity index (χ3v) is 7.69. The molecule has 3 aliphatic heterocycles. The van der Waals surface area contributed by atoms with Crippen LogP contribution in [0.15, 0.2) is 83.5 Å². The SMILES string of the molecule is O=C(c1cccc([N+](=O)[O-])c1)[C@H]1[C@H]2C(=O)N(c3ccc(Br)cc3)C(=O)[C@@H]2[C@H]2c3ccccc3C=CN21. The number of fused-ring (bicyclic) bond motifs is 5. The van der Waals surface area contributed by atoms with Gasteiger partial charge in [-0.3, -0.25) is 24.5 Å². The van der Waals surface area contributed by atoms with Crippen LogP contribution in [0, 0.1) is 22.0 Å². The van der Waals surface area contributed by atoms with Crippen LogP contribution in [0.4, 0.5) is 11.4 Å². The molecule has 3 aromatic rings. The number of hydrogen-bond acceptors (Lipinski definition) is 6. The third-order valence-electron chi connectivity index (χ3n) is 7.16. The molecule has 3 aliphatic rings. The lowest BCUT2D eigenvalue weighted by molar-refractivity contribution is -0.384. The second-order valence-electron chi connectivity index (χ2n) is 8.99. The van der Waals surface area contributed by atoms with Gasteiger partial charge < -0.3 is 4.90 Å². The number of carbonyl (C=O) groups is 3. The van der Waals surface area contributed by atoms with Gasteiger partial charge in [-0.2, -0.15) is 0 Å². The van der Waals surface area contributed by atoms with E-state index >= 15 is 0 Å². The summed E-state index contributed by atoms with van der Waals surface area (Å²) >= 11 is 3.37. The van der Waals surface area contributed by atoms with Crippen LogP contribution in [0.3, 0.4) is 0 Å². The summed E-state index contributed by atoms with van der Waals surface area (Å²) in [5, 5.41) is 11.3. The van der Waals surface area contributed by atoms with Crippen LogP contribution in [0.5, 0.6) is 0 Å². The first kappa shape index (κ1) is 22.4. The fraction of sp³-hybridized carbons (Fsp3) is 0.148. The first-order chi connectivity index (χ1) is 17.4. The first-order valence-corrected chi connectivity index (χ1v) is 12.1. The number of benzene rings is 3. The number of nitrogens with zero attached hydrogens (tertiary/aromatic N) is 3. The maximum Gasteiger partial charge on any atom is 0.270 e. The molecule has 4 atom stereocenters. The van der Waals surface area contributed by atoms with Crippen molar-refractivity contribution in [2.45, 2.75) is 12.1 Å². The maximum absolute atomic E-state index is 13.9. The average molecular weight is 544 g/mol. The van der Waals surface area contributed by atoms with Crippen molar-refractivity contribution in [2.24, 2.45) is 11.8 Å². The number of anilines is 1. The molecule has 0 N–H and O–H groups in total. The zero-order valence-corrected chi connectivity index (χ0v) is 20.2. The van der Waals surface area contributed by atoms with Crippen molar-refractivity contribution in [1.29, 1.82) is 0 Å². The van der Waals surface area contributed by atoms with Crippen molar-refractivity contribution in [3.63, 3.8) is 0 Å². The van der Waals surface area contributed by atoms with Gasteiger partial charge in [-0.1, -0.05) is 52.3 Å². The number of non-ortho nitro benzene ring substituents is 1. The van der Waals surface area contributed by atoms with E-state index in [1.165, 1.54) is 29.2 Å². The minimum absolute atomic E-state index is 0.128. The van der Waals surface area contributed by atoms with Crippen molar-refractivity contribution < 1.29 is 19.3 Å². The number of nitro benzene ring substituents is 1. The van der Waals surface area contributed by atoms with E-state index in [0.29, 0.717) is 5.69 Å². The van der Waals surface area contributed by atoms with Crippen molar-refractivity contribution in [3.05, 3.63) is 110 Å². The molecule has 9 heteroatoms. The number of rotatable bonds is 4. The lowest BCUT2D eigenvalue weighted by atomic mass is 9.83. The van der Waals surface area contributed by atoms with Gasteiger partial charge in [0, 0.05) is 28.4 Å². The molecule has 2 amide bonds. The molecule has 0 saturated carbocycles. The van der Waals surface area contributed by atoms with Gasteiger partial charge in [0.15, 0.2) is 5.78 Å². The lowest BCUT2D eigenvalue weighted by Gasteiger charge is -2.35. The van der Waals surface area contributed by atoms with Crippen LogP contribution in [0.2, 0.25) is 0 Å². The van der Waals surface area contributed by atoms with Gasteiger partial charge >= 0.3 is 0 Å². The molecule has 0 bridgehead atoms. The van der Waals surface area contributed by atoms with E-state index in [4.69, 9.17) is 0 Å². The van der Waals surface area contributed by atoms with E-state index < -0.39 is 40.5 Å². The number of nitro groups is 1. The van der Waals surface area contributed by atoms with Gasteiger partial charge in [-0.25, -0.2) is 4.90 Å². The highest BCUT2D eigenvalue weighted by Gasteiger charge is 2.64. The van der Waals surface area contributed by atoms with E-state index in [-0.39, 0.29) is 17.2 Å². The minimum atomic E-state index is -0.983. The Hall–Kier alpha value is -4.11. The number of hydrogen-bond donors (Lipinski definition) is 0. The van der Waals surface area contributed by atoms with Crippen LogP contribution in [0.1, 0.15) is 27.5 Å². The minimum Gasteiger partial charge on any atom is -0.358 e. The molecular formula is C27H18BrN3O5. The standard InChI is InChI=1S/C27H18BrN3O5/c28-17-8-10-18(11-9-17)30-26(33)21-22(27(30)34)24(25(32)16-5-3-6-19(14-16)31(35)36)29-13-12-15-4-1-2-7-20(15)23(21)29/h1-14,21-24H/t21-,22-,23+,24+/m0/s1. The summed E-state index contributed by atoms with van der Waals surface area (Å²) in [7, 11) is 0. The van der Waals surface area contributed by atoms with Gasteiger partial charge in [-0.15, -0.1) is 0 Å². The monoisotopic (exact) mass is 543 g/mol. The van der Waals surface area contributed by atoms with Gasteiger partial charge in [0.1, 0.15) is 6.04 Å². The molecule has 0 unspecified atom stereocenters. The number of imide groups is 1. The number of ketones is 1. The molecule has 3 aromatic carbocycles. The Balaban J connectivity index is 1.49. The zero-order valence-electron chi connectivity index (χ0n) is 18.7. The summed E-state index contributed by atoms with van der Waals surface area (Å²) < 4.78 is 0.807. The highest BCUT2D eigenvalue weighted by Crippen LogP contribution is 2.53. The molecule has 2 fully saturated rings. The molecule has 2 saturated heterocycles. The summed E-state index contributed by atoms with van der Waals surface area (Å²) in [5.74, 6) is -2.95. The molecule has 8 nitrogen and oxygen atoms in total. The quantitative estimate of drug-likeness (QED) is 0.203. The summed E-state index contributed by atoms with van der Waals surface area (Å²) in [5.41, 5.74) is 2.14. The van der Waals surface area contributed by atoms with Gasteiger partial charge in [0.2, 0.25) is 11.8 Å². The Kier molecular flexibility index (Phi) is 5.11. The largest absolute Gasteiger partial charge is 0.358 e. The summed E-state index contributed by atoms with van der Waals surface area (Å²) in [6, 6.07) is 18.5. The van der Waals surface area contributed by atoms with Gasteiger partial charge in [0.25, 0.3) is 5.69 Å². The summed E-state index contributed by atoms with van der Waals surface area (Å²) in [4.78, 5) is 55.3. The predicted molar refractivity (Wildman–Crippen MR) is 135 cm³/mol. The topological polar surface area (TPSA) is 101 Å². The van der Waals surface area contributed by atoms with Crippen LogP contribution < -0.4 is 4.90 Å². The van der Waals surface area contributed by atoms with Gasteiger partial charge in [-0.05, 0) is 41.5 Å². The highest BCUT2D eigenvalue weighted by atomic mass is 79.9. The van der Waals surface area contributed by atoms with Crippen molar-refractivity contribution in [1.82, 2.24) is 4.90 Å². The maximum atomic E-state index is 13.9. The van der Waals surface area contributed by atoms with Crippen molar-refractivity contribution in [2.75, 3.05) is 4.90 Å². The fourth-order valence-electron chi connectivity index (χ4n) is 5.65. The number of halogens is 1. The highest BCUT2D eigenvalue weighted by molar-refractivity contribution is 9.10. The molecule has 6 rings (SSSR count). The number of Topliss-reactive ketones (excluding diaryl/α,β-unsaturated/α-hetero) is 1. The Labute approximate surface area is 214 Å². The molecule has 36 heavy (non-hydrogen) atoms. The van der Waals surface area contributed by atoms with Crippen molar-refractivity contribution >= 4 is 51.0 Å². The fourth-order valence-corrected chi connectivity index (χ4v) is 5.91. The summed E-state index contributed by atoms with van der Waals surface area (Å²) in [6.45, 7) is 0. The Morgan fingerprint density at radius 2 is 1.64 bits per heavy atom. The molecule has 0 aliphatic carbocycles. The number of carbonyl (C=O) groups excluding carboxylic acids is 3. The van der Waals surface area contributed by atoms with E-state index in [1.807, 2.05) is 30.3 Å². The number of amides is 2. The van der Waals surface area contributed by atoms with Crippen LogP contribution in [0.25, 0.3) is 6.08 Å². The zero-order chi connectivity index (χ0) is 25.1. The lowest BCUT2D eigenvalue weighted by Crippen LogP contribution is -2.44. The molecule has 0 aromatic heterocycles. The van der Waals surface area contributed by atoms with Gasteiger partial charge in [0.05, 0.1) is 28.5 Å². The van der Waals surface area contributed by atoms with Crippen LogP contribution in [-0.2, 0) is 9.59 Å². The Morgan fingerprint density at radius 1 is 0.917 bits per heavy atom. The van der Waals surface area contributed by atoms with E-state index in [0.717, 1.165) is 15.6 Å². The van der Waals surface area contributed by atoms with Crippen LogP contribution >= 0.6 is 15.9 Å². The van der Waals surface area contributed by atoms with Crippen LogP contribution in [-0.4, -0.2) is 33.5 Å². The predicted octanol–water partition coefficient (Wildman–Crippen LogP) is 4.76. The van der Waals surface area contributed by atoms with E-state index in [1.54, 1.807) is 35.4 Å². The second-order valence-corrected chi connectivity index (χ2v) is 9.91. The average Bonchev–Trinajstić information content (AvgIpc) is 3.37. The molecule has 3 heterocycles. The van der Waals surface area contributed by atoms with E-state index in [9.17, 15) is 24.5 Å². The Morgan fingerprint density at radius 3 is 2.39 bits per heavy atom.